The first-order chi connectivity index (χ1) is 11.5. The van der Waals surface area contributed by atoms with Crippen LogP contribution < -0.4 is 0 Å². The molecule has 126 valence electrons. The Kier molecular flexibility index (Phi) is 4.55. The van der Waals surface area contributed by atoms with Crippen molar-refractivity contribution in [2.45, 2.75) is 19.6 Å². The maximum Gasteiger partial charge on any atom is 0.128 e. The number of hydrogen-bond donors (Lipinski definition) is 3. The van der Waals surface area contributed by atoms with Crippen molar-refractivity contribution in [3.05, 3.63) is 65.1 Å². The van der Waals surface area contributed by atoms with Gasteiger partial charge in [0.15, 0.2) is 0 Å². The smallest absolute Gasteiger partial charge is 0.128 e. The van der Waals surface area contributed by atoms with Crippen LogP contribution in [0.5, 0.6) is 5.75 Å². The van der Waals surface area contributed by atoms with Gasteiger partial charge >= 0.3 is 0 Å². The van der Waals surface area contributed by atoms with Crippen LogP contribution in [0.4, 0.5) is 4.39 Å². The van der Waals surface area contributed by atoms with Crippen molar-refractivity contribution in [1.29, 1.82) is 0 Å². The van der Waals surface area contributed by atoms with Crippen LogP contribution >= 0.6 is 0 Å². The highest BCUT2D eigenvalue weighted by Gasteiger charge is 2.15. The van der Waals surface area contributed by atoms with Gasteiger partial charge in [0.1, 0.15) is 11.6 Å². The molecule has 24 heavy (non-hydrogen) atoms. The summed E-state index contributed by atoms with van der Waals surface area (Å²) in [5.74, 6) is -0.0376. The molecular weight excluding hydrogens is 307 g/mol. The van der Waals surface area contributed by atoms with Crippen LogP contribution in [-0.2, 0) is 6.54 Å². The molecule has 0 saturated heterocycles. The molecule has 3 N–H and O–H groups in total. The van der Waals surface area contributed by atoms with Crippen molar-refractivity contribution in [3.63, 3.8) is 0 Å². The number of halogens is 1. The van der Waals surface area contributed by atoms with E-state index in [0.29, 0.717) is 18.7 Å². The normalized spacial score (nSPS) is 12.9. The Morgan fingerprint density at radius 3 is 2.75 bits per heavy atom. The summed E-state index contributed by atoms with van der Waals surface area (Å²) in [6.07, 6.45) is 1.09. The zero-order chi connectivity index (χ0) is 17.3. The highest BCUT2D eigenvalue weighted by atomic mass is 19.1. The van der Waals surface area contributed by atoms with Crippen molar-refractivity contribution in [1.82, 2.24) is 9.88 Å². The average Bonchev–Trinajstić information content (AvgIpc) is 3.01. The first-order valence-electron chi connectivity index (χ1n) is 7.86. The fourth-order valence-corrected chi connectivity index (χ4v) is 2.95. The molecule has 2 aromatic carbocycles. The molecule has 4 nitrogen and oxygen atoms in total. The molecule has 0 aliphatic carbocycles. The van der Waals surface area contributed by atoms with Crippen LogP contribution in [0.15, 0.2) is 42.6 Å². The third kappa shape index (κ3) is 3.27. The van der Waals surface area contributed by atoms with Crippen LogP contribution in [0.3, 0.4) is 0 Å². The summed E-state index contributed by atoms with van der Waals surface area (Å²) < 4.78 is 14.2. The van der Waals surface area contributed by atoms with E-state index in [4.69, 9.17) is 0 Å². The van der Waals surface area contributed by atoms with Gasteiger partial charge in [-0.25, -0.2) is 4.39 Å². The molecule has 1 unspecified atom stereocenters. The summed E-state index contributed by atoms with van der Waals surface area (Å²) in [4.78, 5) is 4.97. The number of aliphatic hydroxyl groups excluding tert-OH is 1. The molecule has 5 heteroatoms. The van der Waals surface area contributed by atoms with Crippen molar-refractivity contribution >= 4 is 10.9 Å². The Labute approximate surface area is 140 Å². The predicted molar refractivity (Wildman–Crippen MR) is 92.4 cm³/mol. The van der Waals surface area contributed by atoms with Crippen LogP contribution in [-0.4, -0.2) is 33.7 Å². The minimum atomic E-state index is -0.706. The number of likely N-dealkylation sites (N-methyl/N-ethyl adjacent to an activating group) is 1. The van der Waals surface area contributed by atoms with E-state index < -0.39 is 6.10 Å². The molecule has 1 atom stereocenters. The van der Waals surface area contributed by atoms with E-state index in [1.54, 1.807) is 37.4 Å². The van der Waals surface area contributed by atoms with Crippen molar-refractivity contribution in [3.8, 4) is 5.75 Å². The molecule has 1 aromatic heterocycles. The average molecular weight is 328 g/mol. The van der Waals surface area contributed by atoms with E-state index in [0.717, 1.165) is 22.0 Å². The van der Waals surface area contributed by atoms with Gasteiger partial charge in [-0.1, -0.05) is 6.07 Å². The van der Waals surface area contributed by atoms with Gasteiger partial charge in [-0.05, 0) is 55.4 Å². The second-order valence-corrected chi connectivity index (χ2v) is 6.22. The Morgan fingerprint density at radius 1 is 1.21 bits per heavy atom. The van der Waals surface area contributed by atoms with Crippen LogP contribution in [0.1, 0.15) is 22.8 Å². The third-order valence-electron chi connectivity index (χ3n) is 4.31. The first kappa shape index (κ1) is 16.5. The number of aromatic hydroxyl groups is 1. The maximum absolute atomic E-state index is 14.2. The molecule has 0 radical (unpaired) electrons. The molecule has 0 spiro atoms. The van der Waals surface area contributed by atoms with Crippen molar-refractivity contribution in [2.24, 2.45) is 0 Å². The number of aromatic amines is 1. The Bertz CT molecular complexity index is 860. The molecule has 1 heterocycles. The number of hydrogen-bond acceptors (Lipinski definition) is 3. The Hall–Kier alpha value is -2.37. The lowest BCUT2D eigenvalue weighted by Crippen LogP contribution is -2.24. The summed E-state index contributed by atoms with van der Waals surface area (Å²) in [5.41, 5.74) is 2.97. The number of rotatable bonds is 5. The second kappa shape index (κ2) is 6.63. The van der Waals surface area contributed by atoms with Crippen LogP contribution in [0.2, 0.25) is 0 Å². The van der Waals surface area contributed by atoms with E-state index in [9.17, 15) is 14.6 Å². The molecule has 3 rings (SSSR count). The number of aliphatic hydroxyl groups is 1. The molecule has 0 saturated carbocycles. The zero-order valence-electron chi connectivity index (χ0n) is 13.8. The monoisotopic (exact) mass is 328 g/mol. The standard InChI is InChI=1S/C19H21FN2O2/c1-12-9-13(3-6-18(12)23)19(24)11-22(2)10-15-14-7-8-21-17(14)5-4-16(15)20/h3-9,19,21,23-24H,10-11H2,1-2H3. The molecular formula is C19H21FN2O2. The number of nitrogens with zero attached hydrogens (tertiary/aromatic N) is 1. The Morgan fingerprint density at radius 2 is 2.00 bits per heavy atom. The lowest BCUT2D eigenvalue weighted by molar-refractivity contribution is 0.123. The summed E-state index contributed by atoms with van der Waals surface area (Å²) in [6, 6.07) is 10.1. The lowest BCUT2D eigenvalue weighted by atomic mass is 10.0. The van der Waals surface area contributed by atoms with Gasteiger partial charge in [0.2, 0.25) is 0 Å². The summed E-state index contributed by atoms with van der Waals surface area (Å²) >= 11 is 0. The fraction of sp³-hybridized carbons (Fsp3) is 0.263. The number of benzene rings is 2. The van der Waals surface area contributed by atoms with E-state index in [1.807, 2.05) is 18.0 Å². The van der Waals surface area contributed by atoms with Gasteiger partial charge in [-0.15, -0.1) is 0 Å². The SMILES string of the molecule is Cc1cc(C(O)CN(C)Cc2c(F)ccc3[nH]ccc23)ccc1O. The van der Waals surface area contributed by atoms with Gasteiger partial charge in [0.05, 0.1) is 6.10 Å². The molecule has 0 aliphatic rings. The van der Waals surface area contributed by atoms with Gasteiger partial charge in [0, 0.05) is 35.8 Å². The van der Waals surface area contributed by atoms with Gasteiger partial charge in [-0.2, -0.15) is 0 Å². The summed E-state index contributed by atoms with van der Waals surface area (Å²) in [7, 11) is 1.85. The third-order valence-corrected chi connectivity index (χ3v) is 4.31. The van der Waals surface area contributed by atoms with Crippen LogP contribution in [0.25, 0.3) is 10.9 Å². The van der Waals surface area contributed by atoms with E-state index >= 15 is 0 Å². The highest BCUT2D eigenvalue weighted by molar-refractivity contribution is 5.83. The Balaban J connectivity index is 1.74. The van der Waals surface area contributed by atoms with Crippen molar-refractivity contribution < 1.29 is 14.6 Å². The summed E-state index contributed by atoms with van der Waals surface area (Å²) in [6.45, 7) is 2.55. The van der Waals surface area contributed by atoms with Crippen LogP contribution in [0, 0.1) is 12.7 Å². The molecule has 0 fully saturated rings. The number of nitrogens with one attached hydrogen (secondary N) is 1. The molecule has 0 amide bonds. The maximum atomic E-state index is 14.2. The second-order valence-electron chi connectivity index (χ2n) is 6.22. The fourth-order valence-electron chi connectivity index (χ4n) is 2.95. The van der Waals surface area contributed by atoms with E-state index in [-0.39, 0.29) is 11.6 Å². The number of H-pyrrole nitrogens is 1. The lowest BCUT2D eigenvalue weighted by Gasteiger charge is -2.22. The molecule has 0 bridgehead atoms. The number of phenols is 1. The highest BCUT2D eigenvalue weighted by Crippen LogP contribution is 2.24. The largest absolute Gasteiger partial charge is 0.508 e. The zero-order valence-corrected chi connectivity index (χ0v) is 13.8. The van der Waals surface area contributed by atoms with Gasteiger partial charge < -0.3 is 15.2 Å². The minimum absolute atomic E-state index is 0.209. The summed E-state index contributed by atoms with van der Waals surface area (Å²) in [5, 5.41) is 20.8. The molecule has 0 aliphatic heterocycles. The first-order valence-corrected chi connectivity index (χ1v) is 7.86. The topological polar surface area (TPSA) is 59.5 Å². The van der Waals surface area contributed by atoms with E-state index in [2.05, 4.69) is 4.98 Å². The minimum Gasteiger partial charge on any atom is -0.508 e. The predicted octanol–water partition coefficient (Wildman–Crippen LogP) is 3.49. The number of aromatic nitrogens is 1. The number of fused-ring (bicyclic) bond motifs is 1. The van der Waals surface area contributed by atoms with Gasteiger partial charge in [0.25, 0.3) is 0 Å². The number of phenolic OH excluding ortho intramolecular Hbond substituents is 1. The van der Waals surface area contributed by atoms with Crippen molar-refractivity contribution in [2.75, 3.05) is 13.6 Å². The van der Waals surface area contributed by atoms with E-state index in [1.165, 1.54) is 6.07 Å². The van der Waals surface area contributed by atoms with Gasteiger partial charge in [-0.3, -0.25) is 4.90 Å². The molecule has 3 aromatic rings. The quantitative estimate of drug-likeness (QED) is 0.672. The number of aryl methyl sites for hydroxylation is 1.